The molecule has 2 rings (SSSR count). The molecule has 66 valence electrons. The molecule has 3 nitrogen and oxygen atoms in total. The number of oxazole rings is 1. The van der Waals surface area contributed by atoms with Crippen LogP contribution < -0.4 is 10.3 Å². The summed E-state index contributed by atoms with van der Waals surface area (Å²) in [7, 11) is 0. The molecule has 2 unspecified atom stereocenters. The van der Waals surface area contributed by atoms with Crippen LogP contribution in [0.25, 0.3) is 0 Å². The number of nitrogens with two attached hydrogens (primary N) is 1. The van der Waals surface area contributed by atoms with E-state index in [-0.39, 0.29) is 0 Å². The highest BCUT2D eigenvalue weighted by molar-refractivity contribution is 4.75. The van der Waals surface area contributed by atoms with Gasteiger partial charge in [0.1, 0.15) is 0 Å². The second-order valence-electron chi connectivity index (χ2n) is 3.66. The summed E-state index contributed by atoms with van der Waals surface area (Å²) < 4.78 is 7.07. The third kappa shape index (κ3) is 1.67. The summed E-state index contributed by atoms with van der Waals surface area (Å²) >= 11 is 0. The monoisotopic (exact) mass is 167 g/mol. The van der Waals surface area contributed by atoms with Crippen LogP contribution >= 0.6 is 0 Å². The van der Waals surface area contributed by atoms with Crippen molar-refractivity contribution < 1.29 is 8.98 Å². The fourth-order valence-electron chi connectivity index (χ4n) is 1.94. The lowest BCUT2D eigenvalue weighted by atomic mass is 10.1. The Kier molecular flexibility index (Phi) is 2.13. The Morgan fingerprint density at radius 3 is 3.00 bits per heavy atom. The number of aromatic nitrogens is 1. The van der Waals surface area contributed by atoms with Gasteiger partial charge in [0.25, 0.3) is 0 Å². The highest BCUT2D eigenvalue weighted by Crippen LogP contribution is 2.23. The maximum Gasteiger partial charge on any atom is 0.334 e. The van der Waals surface area contributed by atoms with Crippen LogP contribution in [0, 0.1) is 5.92 Å². The summed E-state index contributed by atoms with van der Waals surface area (Å²) in [5, 5.41) is 0. The first-order chi connectivity index (χ1) is 5.84. The Balaban J connectivity index is 1.88. The smallest absolute Gasteiger partial charge is 0.334 e. The van der Waals surface area contributed by atoms with Crippen molar-refractivity contribution in [2.75, 3.05) is 0 Å². The molecule has 1 aromatic rings. The van der Waals surface area contributed by atoms with Crippen LogP contribution in [0.3, 0.4) is 0 Å². The Bertz CT molecular complexity index is 233. The SMILES string of the molecule is NC1CCC(C[n+]2ccoc2)C1. The molecule has 1 aliphatic carbocycles. The van der Waals surface area contributed by atoms with Gasteiger partial charge in [-0.15, -0.1) is 0 Å². The van der Waals surface area contributed by atoms with Crippen molar-refractivity contribution >= 4 is 0 Å². The molecule has 0 radical (unpaired) electrons. The van der Waals surface area contributed by atoms with Crippen LogP contribution in [-0.4, -0.2) is 6.04 Å². The van der Waals surface area contributed by atoms with Crippen molar-refractivity contribution in [3.8, 4) is 0 Å². The van der Waals surface area contributed by atoms with E-state index in [4.69, 9.17) is 10.2 Å². The molecule has 0 aliphatic heterocycles. The molecule has 2 N–H and O–H groups in total. The van der Waals surface area contributed by atoms with E-state index in [1.54, 1.807) is 12.7 Å². The first-order valence-electron chi connectivity index (χ1n) is 4.51. The van der Waals surface area contributed by atoms with E-state index < -0.39 is 0 Å². The molecule has 1 saturated carbocycles. The average molecular weight is 167 g/mol. The summed E-state index contributed by atoms with van der Waals surface area (Å²) in [6, 6.07) is 0.433. The molecule has 0 saturated heterocycles. The summed E-state index contributed by atoms with van der Waals surface area (Å²) in [5.74, 6) is 0.752. The van der Waals surface area contributed by atoms with Crippen LogP contribution in [0.5, 0.6) is 0 Å². The molecule has 0 bridgehead atoms. The summed E-state index contributed by atoms with van der Waals surface area (Å²) in [5.41, 5.74) is 5.82. The largest absolute Gasteiger partial charge is 0.412 e. The maximum atomic E-state index is 5.82. The van der Waals surface area contributed by atoms with Gasteiger partial charge in [-0.1, -0.05) is 0 Å². The van der Waals surface area contributed by atoms with Crippen molar-refractivity contribution in [3.05, 3.63) is 18.9 Å². The van der Waals surface area contributed by atoms with Gasteiger partial charge in [0.2, 0.25) is 6.20 Å². The van der Waals surface area contributed by atoms with E-state index in [2.05, 4.69) is 4.57 Å². The fourth-order valence-corrected chi connectivity index (χ4v) is 1.94. The minimum atomic E-state index is 0.433. The van der Waals surface area contributed by atoms with Crippen molar-refractivity contribution in [2.45, 2.75) is 31.8 Å². The van der Waals surface area contributed by atoms with Crippen molar-refractivity contribution in [3.63, 3.8) is 0 Å². The molecule has 1 fully saturated rings. The third-order valence-electron chi connectivity index (χ3n) is 2.58. The lowest BCUT2D eigenvalue weighted by molar-refractivity contribution is -0.705. The number of hydrogen-bond donors (Lipinski definition) is 1. The first-order valence-corrected chi connectivity index (χ1v) is 4.51. The van der Waals surface area contributed by atoms with Gasteiger partial charge < -0.3 is 10.2 Å². The molecule has 3 heteroatoms. The number of hydrogen-bond acceptors (Lipinski definition) is 2. The van der Waals surface area contributed by atoms with Gasteiger partial charge >= 0.3 is 6.39 Å². The van der Waals surface area contributed by atoms with E-state index >= 15 is 0 Å². The Morgan fingerprint density at radius 2 is 2.42 bits per heavy atom. The van der Waals surface area contributed by atoms with E-state index in [0.29, 0.717) is 6.04 Å². The predicted octanol–water partition coefficient (Wildman–Crippen LogP) is 0.694. The van der Waals surface area contributed by atoms with E-state index in [1.165, 1.54) is 12.8 Å². The Hall–Kier alpha value is -0.830. The Labute approximate surface area is 72.2 Å². The van der Waals surface area contributed by atoms with Gasteiger partial charge in [-0.3, -0.25) is 0 Å². The number of rotatable bonds is 2. The quantitative estimate of drug-likeness (QED) is 0.659. The predicted molar refractivity (Wildman–Crippen MR) is 44.2 cm³/mol. The van der Waals surface area contributed by atoms with Crippen molar-refractivity contribution in [1.82, 2.24) is 0 Å². The molecular weight excluding hydrogens is 152 g/mol. The molecule has 12 heavy (non-hydrogen) atoms. The lowest BCUT2D eigenvalue weighted by Gasteiger charge is -2.02. The van der Waals surface area contributed by atoms with Gasteiger partial charge in [-0.2, -0.15) is 4.57 Å². The molecule has 0 spiro atoms. The van der Waals surface area contributed by atoms with Gasteiger partial charge in [0.05, 0.1) is 0 Å². The van der Waals surface area contributed by atoms with Crippen LogP contribution in [0.4, 0.5) is 0 Å². The zero-order chi connectivity index (χ0) is 8.39. The van der Waals surface area contributed by atoms with E-state index in [1.807, 2.05) is 6.20 Å². The average Bonchev–Trinajstić information content (AvgIpc) is 2.63. The molecule has 0 amide bonds. The first kappa shape index (κ1) is 7.80. The maximum absolute atomic E-state index is 5.82. The van der Waals surface area contributed by atoms with Gasteiger partial charge in [-0.25, -0.2) is 0 Å². The van der Waals surface area contributed by atoms with Crippen LogP contribution in [0.15, 0.2) is 23.3 Å². The molecule has 0 aromatic carbocycles. The Morgan fingerprint density at radius 1 is 1.50 bits per heavy atom. The van der Waals surface area contributed by atoms with Gasteiger partial charge in [0, 0.05) is 12.0 Å². The van der Waals surface area contributed by atoms with Crippen LogP contribution in [-0.2, 0) is 6.54 Å². The van der Waals surface area contributed by atoms with E-state index in [0.717, 1.165) is 18.9 Å². The molecule has 1 heterocycles. The zero-order valence-corrected chi connectivity index (χ0v) is 7.15. The second-order valence-corrected chi connectivity index (χ2v) is 3.66. The highest BCUT2D eigenvalue weighted by atomic mass is 16.3. The summed E-state index contributed by atoms with van der Waals surface area (Å²) in [6.07, 6.45) is 9.03. The molecule has 2 atom stereocenters. The van der Waals surface area contributed by atoms with Crippen LogP contribution in [0.2, 0.25) is 0 Å². The molecular formula is C9H15N2O+. The van der Waals surface area contributed by atoms with E-state index in [9.17, 15) is 0 Å². The molecule has 1 aliphatic rings. The van der Waals surface area contributed by atoms with Gasteiger partial charge in [0.15, 0.2) is 12.8 Å². The van der Waals surface area contributed by atoms with Crippen molar-refractivity contribution in [1.29, 1.82) is 0 Å². The fraction of sp³-hybridized carbons (Fsp3) is 0.667. The van der Waals surface area contributed by atoms with Gasteiger partial charge in [-0.05, 0) is 19.3 Å². The van der Waals surface area contributed by atoms with Crippen LogP contribution in [0.1, 0.15) is 19.3 Å². The standard InChI is InChI=1S/C9H15N2O/c10-9-2-1-8(5-9)6-11-3-4-12-7-11/h3-4,7-9H,1-2,5-6,10H2/q+1. The second kappa shape index (κ2) is 3.27. The third-order valence-corrected chi connectivity index (χ3v) is 2.58. The highest BCUT2D eigenvalue weighted by Gasteiger charge is 2.24. The topological polar surface area (TPSA) is 43.0 Å². The summed E-state index contributed by atoms with van der Waals surface area (Å²) in [4.78, 5) is 0. The molecule has 1 aromatic heterocycles. The van der Waals surface area contributed by atoms with Crippen molar-refractivity contribution in [2.24, 2.45) is 11.7 Å². The zero-order valence-electron chi connectivity index (χ0n) is 7.15. The summed E-state index contributed by atoms with van der Waals surface area (Å²) in [6.45, 7) is 1.06. The lowest BCUT2D eigenvalue weighted by Crippen LogP contribution is -2.34. The minimum Gasteiger partial charge on any atom is -0.412 e. The normalized spacial score (nSPS) is 29.4. The number of nitrogens with zero attached hydrogens (tertiary/aromatic N) is 1. The minimum absolute atomic E-state index is 0.433.